The van der Waals surface area contributed by atoms with Crippen molar-refractivity contribution in [2.45, 2.75) is 0 Å². The number of nitrogens with one attached hydrogen (secondary N) is 1. The molecule has 12 heteroatoms. The maximum Gasteiger partial charge on any atom is 0.269 e. The molecule has 4 rings (SSSR count). The second kappa shape index (κ2) is 10.4. The molecule has 0 saturated carbocycles. The van der Waals surface area contributed by atoms with Gasteiger partial charge in [-0.25, -0.2) is 13.8 Å². The molecular formula is C24H14ClF2IN4O4. The van der Waals surface area contributed by atoms with Crippen LogP contribution < -0.4 is 21.3 Å². The maximum absolute atomic E-state index is 14.7. The summed E-state index contributed by atoms with van der Waals surface area (Å²) in [5.41, 5.74) is 4.57. The van der Waals surface area contributed by atoms with E-state index in [4.69, 9.17) is 22.1 Å². The van der Waals surface area contributed by atoms with Crippen molar-refractivity contribution < 1.29 is 23.1 Å². The van der Waals surface area contributed by atoms with Crippen LogP contribution in [-0.2, 0) is 0 Å². The van der Waals surface area contributed by atoms with Crippen LogP contribution in [0.15, 0.2) is 71.8 Å². The molecule has 36 heavy (non-hydrogen) atoms. The van der Waals surface area contributed by atoms with Crippen molar-refractivity contribution in [3.05, 3.63) is 109 Å². The predicted molar refractivity (Wildman–Crippen MR) is 137 cm³/mol. The van der Waals surface area contributed by atoms with Crippen molar-refractivity contribution in [2.75, 3.05) is 5.32 Å². The summed E-state index contributed by atoms with van der Waals surface area (Å²) in [5, 5.41) is 2.30. The lowest BCUT2D eigenvalue weighted by atomic mass is 10.2. The van der Waals surface area contributed by atoms with E-state index in [1.807, 2.05) is 22.6 Å². The zero-order chi connectivity index (χ0) is 26.0. The Morgan fingerprint density at radius 2 is 1.78 bits per heavy atom. The molecule has 0 fully saturated rings. The molecule has 0 spiro atoms. The molecule has 0 aliphatic rings. The van der Waals surface area contributed by atoms with Crippen molar-refractivity contribution in [1.82, 2.24) is 9.55 Å². The van der Waals surface area contributed by atoms with Gasteiger partial charge in [0.25, 0.3) is 17.4 Å². The largest absolute Gasteiger partial charge is 0.453 e. The first kappa shape index (κ1) is 25.3. The number of ether oxygens (including phenoxy) is 1. The van der Waals surface area contributed by atoms with Crippen LogP contribution >= 0.6 is 34.2 Å². The molecule has 0 radical (unpaired) electrons. The van der Waals surface area contributed by atoms with Crippen LogP contribution in [0.2, 0.25) is 5.02 Å². The summed E-state index contributed by atoms with van der Waals surface area (Å²) in [6.07, 6.45) is 2.70. The average molecular weight is 623 g/mol. The molecule has 182 valence electrons. The monoisotopic (exact) mass is 622 g/mol. The molecule has 0 unspecified atom stereocenters. The summed E-state index contributed by atoms with van der Waals surface area (Å²) < 4.78 is 35.0. The summed E-state index contributed by atoms with van der Waals surface area (Å²) in [4.78, 5) is 41.0. The van der Waals surface area contributed by atoms with Gasteiger partial charge in [-0.15, -0.1) is 0 Å². The fourth-order valence-electron chi connectivity index (χ4n) is 3.17. The number of hydrogen-bond donors (Lipinski definition) is 2. The minimum absolute atomic E-state index is 0.0451. The van der Waals surface area contributed by atoms with Crippen LogP contribution in [0.5, 0.6) is 11.5 Å². The standard InChI is InChI=1S/C24H14ClF2IN4O4/c25-20-18(7-9-30-21(20)22(29)33)36-17-6-3-13(11-15(17)27)31-23(34)19-16(28)8-10-32(24(19)35)14-4-1-12(26)2-5-14/h1-11H,(H2,29,33)(H,31,34). The first-order chi connectivity index (χ1) is 17.2. The average Bonchev–Trinajstić information content (AvgIpc) is 2.82. The first-order valence-electron chi connectivity index (χ1n) is 10.1. The molecule has 2 heterocycles. The molecule has 2 amide bonds. The third kappa shape index (κ3) is 5.21. The summed E-state index contributed by atoms with van der Waals surface area (Å²) in [7, 11) is 0. The highest BCUT2D eigenvalue weighted by molar-refractivity contribution is 14.1. The van der Waals surface area contributed by atoms with Gasteiger partial charge in [0.2, 0.25) is 0 Å². The van der Waals surface area contributed by atoms with Crippen LogP contribution in [0, 0.1) is 15.2 Å². The number of nitrogens with two attached hydrogens (primary N) is 1. The Hall–Kier alpha value is -3.84. The maximum atomic E-state index is 14.7. The van der Waals surface area contributed by atoms with Crippen molar-refractivity contribution in [3.63, 3.8) is 0 Å². The normalized spacial score (nSPS) is 10.7. The summed E-state index contributed by atoms with van der Waals surface area (Å²) in [6.45, 7) is 0. The van der Waals surface area contributed by atoms with Crippen molar-refractivity contribution >= 4 is 51.7 Å². The lowest BCUT2D eigenvalue weighted by molar-refractivity contribution is 0.0993. The highest BCUT2D eigenvalue weighted by atomic mass is 127. The van der Waals surface area contributed by atoms with E-state index in [1.165, 1.54) is 59.4 Å². The van der Waals surface area contributed by atoms with E-state index in [9.17, 15) is 23.2 Å². The van der Waals surface area contributed by atoms with Gasteiger partial charge in [0.1, 0.15) is 27.8 Å². The lowest BCUT2D eigenvalue weighted by Crippen LogP contribution is -2.29. The zero-order valence-electron chi connectivity index (χ0n) is 18.0. The number of amides is 2. The molecule has 0 aliphatic heterocycles. The molecular weight excluding hydrogens is 609 g/mol. The van der Waals surface area contributed by atoms with Gasteiger partial charge in [-0.05, 0) is 65.1 Å². The number of nitrogens with zero attached hydrogens (tertiary/aromatic N) is 2. The number of halogens is 4. The second-order valence-electron chi connectivity index (χ2n) is 7.23. The number of rotatable bonds is 6. The zero-order valence-corrected chi connectivity index (χ0v) is 20.9. The van der Waals surface area contributed by atoms with E-state index in [0.29, 0.717) is 9.26 Å². The van der Waals surface area contributed by atoms with Crippen LogP contribution in [0.3, 0.4) is 0 Å². The van der Waals surface area contributed by atoms with Gasteiger partial charge in [-0.3, -0.25) is 19.0 Å². The Labute approximate surface area is 220 Å². The van der Waals surface area contributed by atoms with Crippen LogP contribution in [-0.4, -0.2) is 21.4 Å². The predicted octanol–water partition coefficient (Wildman–Crippen LogP) is 4.91. The van der Waals surface area contributed by atoms with Gasteiger partial charge in [0, 0.05) is 39.5 Å². The molecule has 0 aliphatic carbocycles. The number of anilines is 1. The third-order valence-electron chi connectivity index (χ3n) is 4.87. The molecule has 0 atom stereocenters. The van der Waals surface area contributed by atoms with Crippen molar-refractivity contribution in [3.8, 4) is 17.2 Å². The third-order valence-corrected chi connectivity index (χ3v) is 6.13. The molecule has 0 saturated heterocycles. The SMILES string of the molecule is NC(=O)c1nccc(Oc2ccc(NC(=O)c3c(I)ccn(-c4ccc(F)cc4)c3=O)cc2F)c1Cl. The fraction of sp³-hybridized carbons (Fsp3) is 0. The quantitative estimate of drug-likeness (QED) is 0.297. The van der Waals surface area contributed by atoms with E-state index < -0.39 is 29.0 Å². The van der Waals surface area contributed by atoms with Crippen molar-refractivity contribution in [2.24, 2.45) is 5.73 Å². The molecule has 3 N–H and O–H groups in total. The Morgan fingerprint density at radius 3 is 2.44 bits per heavy atom. The minimum atomic E-state index is -0.877. The molecule has 2 aromatic heterocycles. The van der Waals surface area contributed by atoms with E-state index >= 15 is 0 Å². The van der Waals surface area contributed by atoms with Gasteiger partial charge in [-0.2, -0.15) is 0 Å². The highest BCUT2D eigenvalue weighted by Crippen LogP contribution is 2.33. The fourth-order valence-corrected chi connectivity index (χ4v) is 4.05. The number of benzene rings is 2. The van der Waals surface area contributed by atoms with Crippen LogP contribution in [0.4, 0.5) is 14.5 Å². The highest BCUT2D eigenvalue weighted by Gasteiger charge is 2.19. The van der Waals surface area contributed by atoms with Gasteiger partial charge in [0.05, 0.1) is 0 Å². The molecule has 8 nitrogen and oxygen atoms in total. The smallest absolute Gasteiger partial charge is 0.269 e. The molecule has 4 aromatic rings. The number of aromatic nitrogens is 2. The summed E-state index contributed by atoms with van der Waals surface area (Å²) in [5.74, 6) is -3.26. The Balaban J connectivity index is 1.58. The number of hydrogen-bond acceptors (Lipinski definition) is 5. The van der Waals surface area contributed by atoms with Gasteiger partial charge >= 0.3 is 0 Å². The van der Waals surface area contributed by atoms with Crippen LogP contribution in [0.1, 0.15) is 20.8 Å². The van der Waals surface area contributed by atoms with Gasteiger partial charge in [0.15, 0.2) is 11.6 Å². The first-order valence-corrected chi connectivity index (χ1v) is 11.5. The molecule has 2 aromatic carbocycles. The van der Waals surface area contributed by atoms with Crippen molar-refractivity contribution in [1.29, 1.82) is 0 Å². The van der Waals surface area contributed by atoms with E-state index in [-0.39, 0.29) is 33.5 Å². The van der Waals surface area contributed by atoms with E-state index in [0.717, 1.165) is 6.07 Å². The summed E-state index contributed by atoms with van der Waals surface area (Å²) >= 11 is 7.89. The number of carbonyl (C=O) groups is 2. The number of primary amides is 1. The number of pyridine rings is 2. The van der Waals surface area contributed by atoms with Gasteiger partial charge < -0.3 is 15.8 Å². The topological polar surface area (TPSA) is 116 Å². The molecule has 0 bridgehead atoms. The van der Waals surface area contributed by atoms with Gasteiger partial charge in [-0.1, -0.05) is 11.6 Å². The summed E-state index contributed by atoms with van der Waals surface area (Å²) in [6, 6.07) is 11.7. The second-order valence-corrected chi connectivity index (χ2v) is 8.77. The lowest BCUT2D eigenvalue weighted by Gasteiger charge is -2.12. The van der Waals surface area contributed by atoms with E-state index in [1.54, 1.807) is 6.07 Å². The number of carbonyl (C=O) groups excluding carboxylic acids is 2. The van der Waals surface area contributed by atoms with Crippen LogP contribution in [0.25, 0.3) is 5.69 Å². The Kier molecular flexibility index (Phi) is 7.31. The van der Waals surface area contributed by atoms with E-state index in [2.05, 4.69) is 10.3 Å². The minimum Gasteiger partial charge on any atom is -0.453 e. The Bertz CT molecular complexity index is 1560. The Morgan fingerprint density at radius 1 is 1.06 bits per heavy atom.